The van der Waals surface area contributed by atoms with E-state index in [9.17, 15) is 18.0 Å². The van der Waals surface area contributed by atoms with Crippen LogP contribution in [-0.4, -0.2) is 35.6 Å². The Morgan fingerprint density at radius 3 is 2.40 bits per heavy atom. The summed E-state index contributed by atoms with van der Waals surface area (Å²) in [5.41, 5.74) is 0.641. The maximum atomic E-state index is 12.0. The maximum absolute atomic E-state index is 12.0. The fourth-order valence-electron chi connectivity index (χ4n) is 1.98. The number of hydrogen-bond donors (Lipinski definition) is 2. The molecule has 0 unspecified atom stereocenters. The highest BCUT2D eigenvalue weighted by Crippen LogP contribution is 2.17. The Morgan fingerprint density at radius 1 is 1.24 bits per heavy atom. The van der Waals surface area contributed by atoms with Gasteiger partial charge in [0.2, 0.25) is 5.91 Å². The van der Waals surface area contributed by atoms with E-state index in [1.165, 1.54) is 17.5 Å². The molecule has 0 bridgehead atoms. The lowest BCUT2D eigenvalue weighted by Gasteiger charge is -2.08. The minimum Gasteiger partial charge on any atom is -0.476 e. The number of amides is 1. The van der Waals surface area contributed by atoms with Crippen LogP contribution in [0.1, 0.15) is 34.9 Å². The summed E-state index contributed by atoms with van der Waals surface area (Å²) in [5, 5.41) is 12.9. The molecular weight excluding hydrogens is 364 g/mol. The first-order chi connectivity index (χ1) is 11.7. The van der Waals surface area contributed by atoms with Gasteiger partial charge in [-0.2, -0.15) is 0 Å². The van der Waals surface area contributed by atoms with E-state index in [1.54, 1.807) is 26.0 Å². The number of benzene rings is 1. The van der Waals surface area contributed by atoms with E-state index >= 15 is 0 Å². The van der Waals surface area contributed by atoms with Gasteiger partial charge in [-0.25, -0.2) is 18.2 Å². The minimum atomic E-state index is -3.33. The average Bonchev–Trinajstić information content (AvgIpc) is 3.02. The second-order valence-electron chi connectivity index (χ2n) is 5.62. The van der Waals surface area contributed by atoms with E-state index < -0.39 is 21.1 Å². The predicted molar refractivity (Wildman–Crippen MR) is 93.4 cm³/mol. The van der Waals surface area contributed by atoms with E-state index in [1.807, 2.05) is 0 Å². The van der Waals surface area contributed by atoms with E-state index in [-0.39, 0.29) is 29.5 Å². The molecule has 134 valence electrons. The first-order valence-electron chi connectivity index (χ1n) is 7.47. The van der Waals surface area contributed by atoms with Crippen LogP contribution >= 0.6 is 11.3 Å². The number of hydrogen-bond acceptors (Lipinski definition) is 6. The average molecular weight is 382 g/mol. The molecule has 1 amide bonds. The zero-order chi connectivity index (χ0) is 18.6. The van der Waals surface area contributed by atoms with E-state index in [0.29, 0.717) is 10.6 Å². The molecule has 0 fully saturated rings. The lowest BCUT2D eigenvalue weighted by atomic mass is 10.1. The highest BCUT2D eigenvalue weighted by atomic mass is 32.2. The molecule has 7 nitrogen and oxygen atoms in total. The van der Waals surface area contributed by atoms with Crippen molar-refractivity contribution < 1.29 is 23.1 Å². The third kappa shape index (κ3) is 4.86. The molecule has 0 aliphatic heterocycles. The first kappa shape index (κ1) is 19.1. The quantitative estimate of drug-likeness (QED) is 0.756. The monoisotopic (exact) mass is 382 g/mol. The fourth-order valence-corrected chi connectivity index (χ4v) is 3.75. The van der Waals surface area contributed by atoms with Gasteiger partial charge in [0.25, 0.3) is 0 Å². The second-order valence-corrected chi connectivity index (χ2v) is 9.07. The predicted octanol–water partition coefficient (Wildman–Crippen LogP) is 1.88. The van der Waals surface area contributed by atoms with Gasteiger partial charge in [0.1, 0.15) is 5.01 Å². The van der Waals surface area contributed by atoms with Crippen LogP contribution in [0.4, 0.5) is 0 Å². The number of rotatable bonds is 7. The number of carbonyl (C=O) groups excluding carboxylic acids is 1. The summed E-state index contributed by atoms with van der Waals surface area (Å²) in [6.45, 7) is 3.38. The van der Waals surface area contributed by atoms with Crippen LogP contribution in [0.3, 0.4) is 0 Å². The Labute approximate surface area is 149 Å². The molecule has 0 aliphatic rings. The summed E-state index contributed by atoms with van der Waals surface area (Å²) < 4.78 is 24.1. The Bertz CT molecular complexity index is 870. The smallest absolute Gasteiger partial charge is 0.355 e. The highest BCUT2D eigenvalue weighted by Gasteiger charge is 2.18. The number of carboxylic acids is 1. The molecule has 0 spiro atoms. The number of aromatic carboxylic acids is 1. The summed E-state index contributed by atoms with van der Waals surface area (Å²) in [4.78, 5) is 26.8. The van der Waals surface area contributed by atoms with Gasteiger partial charge in [-0.05, 0) is 31.5 Å². The number of nitrogens with one attached hydrogen (secondary N) is 1. The third-order valence-electron chi connectivity index (χ3n) is 3.44. The number of sulfone groups is 1. The molecule has 2 aromatic rings. The van der Waals surface area contributed by atoms with Crippen molar-refractivity contribution in [3.05, 3.63) is 45.9 Å². The van der Waals surface area contributed by atoms with Crippen molar-refractivity contribution in [2.45, 2.75) is 37.0 Å². The summed E-state index contributed by atoms with van der Waals surface area (Å²) in [6, 6.07) is 6.22. The number of carbonyl (C=O) groups is 2. The van der Waals surface area contributed by atoms with Crippen LogP contribution in [0.25, 0.3) is 0 Å². The van der Waals surface area contributed by atoms with Gasteiger partial charge in [0.05, 0.1) is 23.1 Å². The van der Waals surface area contributed by atoms with Crippen molar-refractivity contribution in [3.63, 3.8) is 0 Å². The van der Waals surface area contributed by atoms with Crippen LogP contribution in [0.5, 0.6) is 0 Å². The molecule has 2 N–H and O–H groups in total. The van der Waals surface area contributed by atoms with Crippen LogP contribution < -0.4 is 5.32 Å². The van der Waals surface area contributed by atoms with Crippen LogP contribution in [0, 0.1) is 0 Å². The van der Waals surface area contributed by atoms with Crippen LogP contribution in [0.2, 0.25) is 0 Å². The van der Waals surface area contributed by atoms with Gasteiger partial charge in [0, 0.05) is 5.38 Å². The van der Waals surface area contributed by atoms with Crippen molar-refractivity contribution >= 4 is 33.1 Å². The molecular formula is C16H18N2O5S2. The standard InChI is InChI=1S/C16H18N2O5S2/c1-10(2)25(22,23)12-5-3-11(4-6-12)7-14(19)17-8-15-18-13(9-24-15)16(20)21/h3-6,9-10H,7-8H2,1-2H3,(H,17,19)(H,20,21). The molecule has 0 saturated carbocycles. The Kier molecular flexibility index (Phi) is 5.91. The van der Waals surface area contributed by atoms with Crippen molar-refractivity contribution in [2.75, 3.05) is 0 Å². The molecule has 2 rings (SSSR count). The van der Waals surface area contributed by atoms with Crippen molar-refractivity contribution in [1.29, 1.82) is 0 Å². The molecule has 9 heteroatoms. The molecule has 0 radical (unpaired) electrons. The zero-order valence-electron chi connectivity index (χ0n) is 13.7. The highest BCUT2D eigenvalue weighted by molar-refractivity contribution is 7.92. The molecule has 1 aromatic heterocycles. The Morgan fingerprint density at radius 2 is 1.88 bits per heavy atom. The van der Waals surface area contributed by atoms with Gasteiger partial charge >= 0.3 is 5.97 Å². The second kappa shape index (κ2) is 7.75. The lowest BCUT2D eigenvalue weighted by molar-refractivity contribution is -0.120. The molecule has 0 aliphatic carbocycles. The first-order valence-corrected chi connectivity index (χ1v) is 9.90. The van der Waals surface area contributed by atoms with Crippen LogP contribution in [-0.2, 0) is 27.6 Å². The Balaban J connectivity index is 1.93. The third-order valence-corrected chi connectivity index (χ3v) is 6.46. The number of nitrogens with zero attached hydrogens (tertiary/aromatic N) is 1. The van der Waals surface area contributed by atoms with Gasteiger partial charge < -0.3 is 10.4 Å². The zero-order valence-corrected chi connectivity index (χ0v) is 15.4. The van der Waals surface area contributed by atoms with Crippen molar-refractivity contribution in [2.24, 2.45) is 0 Å². The van der Waals surface area contributed by atoms with E-state index in [2.05, 4.69) is 10.3 Å². The van der Waals surface area contributed by atoms with Gasteiger partial charge in [-0.15, -0.1) is 11.3 Å². The molecule has 0 atom stereocenters. The molecule has 25 heavy (non-hydrogen) atoms. The van der Waals surface area contributed by atoms with Crippen molar-refractivity contribution in [3.8, 4) is 0 Å². The van der Waals surface area contributed by atoms with Crippen LogP contribution in [0.15, 0.2) is 34.5 Å². The number of thiazole rings is 1. The van der Waals surface area contributed by atoms with E-state index in [4.69, 9.17) is 5.11 Å². The van der Waals surface area contributed by atoms with Crippen molar-refractivity contribution in [1.82, 2.24) is 10.3 Å². The molecule has 1 heterocycles. The lowest BCUT2D eigenvalue weighted by Crippen LogP contribution is -2.24. The largest absolute Gasteiger partial charge is 0.476 e. The fraction of sp³-hybridized carbons (Fsp3) is 0.312. The summed E-state index contributed by atoms with van der Waals surface area (Å²) in [5.74, 6) is -1.36. The number of carboxylic acid groups (broad SMARTS) is 1. The SMILES string of the molecule is CC(C)S(=O)(=O)c1ccc(CC(=O)NCc2nc(C(=O)O)cs2)cc1. The maximum Gasteiger partial charge on any atom is 0.355 e. The van der Waals surface area contributed by atoms with Gasteiger partial charge in [0.15, 0.2) is 15.5 Å². The molecule has 0 saturated heterocycles. The summed E-state index contributed by atoms with van der Waals surface area (Å²) in [6.07, 6.45) is 0.0964. The topological polar surface area (TPSA) is 113 Å². The molecule has 1 aromatic carbocycles. The normalized spacial score (nSPS) is 11.5. The summed E-state index contributed by atoms with van der Waals surface area (Å²) in [7, 11) is -3.33. The van der Waals surface area contributed by atoms with Gasteiger partial charge in [-0.1, -0.05) is 12.1 Å². The number of aromatic nitrogens is 1. The minimum absolute atomic E-state index is 0.0452. The van der Waals surface area contributed by atoms with Gasteiger partial charge in [-0.3, -0.25) is 4.79 Å². The van der Waals surface area contributed by atoms with E-state index in [0.717, 1.165) is 11.3 Å². The summed E-state index contributed by atoms with van der Waals surface area (Å²) >= 11 is 1.16. The Hall–Kier alpha value is -2.26.